The van der Waals surface area contributed by atoms with Crippen LogP contribution in [0, 0.1) is 11.8 Å². The van der Waals surface area contributed by atoms with Gasteiger partial charge in [0.2, 0.25) is 11.8 Å². The average Bonchev–Trinajstić information content (AvgIpc) is 2.79. The van der Waals surface area contributed by atoms with Gasteiger partial charge in [0, 0.05) is 12.4 Å². The number of amides is 4. The van der Waals surface area contributed by atoms with Crippen molar-refractivity contribution in [1.82, 2.24) is 20.0 Å². The summed E-state index contributed by atoms with van der Waals surface area (Å²) < 4.78 is 1.64. The molecule has 0 radical (unpaired) electrons. The molecule has 108 valence electrons. The fraction of sp³-hybridized carbons (Fsp3) is 0.538. The van der Waals surface area contributed by atoms with E-state index in [4.69, 9.17) is 0 Å². The monoisotopic (exact) mass is 278 g/mol. The molecular formula is C13H18N4O3. The van der Waals surface area contributed by atoms with Gasteiger partial charge < -0.3 is 0 Å². The molecule has 1 aromatic heterocycles. The normalized spacial score (nSPS) is 21.3. The van der Waals surface area contributed by atoms with Crippen LogP contribution in [0.5, 0.6) is 0 Å². The minimum Gasteiger partial charge on any atom is -0.277 e. The van der Waals surface area contributed by atoms with Crippen LogP contribution < -0.4 is 5.32 Å². The van der Waals surface area contributed by atoms with Crippen LogP contribution in [0.4, 0.5) is 4.79 Å². The Kier molecular flexibility index (Phi) is 3.87. The van der Waals surface area contributed by atoms with Gasteiger partial charge in [0.25, 0.3) is 0 Å². The van der Waals surface area contributed by atoms with Crippen molar-refractivity contribution in [1.29, 1.82) is 0 Å². The minimum atomic E-state index is -0.812. The molecule has 20 heavy (non-hydrogen) atoms. The number of hydrogen-bond donors (Lipinski definition) is 1. The molecule has 0 spiro atoms. The number of carbonyl (C=O) groups excluding carboxylic acids is 3. The number of nitrogens with one attached hydrogen (secondary N) is 1. The molecule has 2 atom stereocenters. The summed E-state index contributed by atoms with van der Waals surface area (Å²) in [6.07, 6.45) is 3.39. The Hall–Kier alpha value is -2.18. The molecule has 2 rings (SSSR count). The zero-order valence-electron chi connectivity index (χ0n) is 11.7. The van der Waals surface area contributed by atoms with Gasteiger partial charge in [-0.25, -0.2) is 4.79 Å². The summed E-state index contributed by atoms with van der Waals surface area (Å²) in [6, 6.07) is 0.735. The maximum atomic E-state index is 12.4. The Bertz CT molecular complexity index is 524. The molecule has 1 saturated heterocycles. The predicted molar refractivity (Wildman–Crippen MR) is 70.4 cm³/mol. The number of nitrogens with zero attached hydrogens (tertiary/aromatic N) is 3. The van der Waals surface area contributed by atoms with E-state index in [1.54, 1.807) is 43.9 Å². The van der Waals surface area contributed by atoms with Crippen LogP contribution in [0.3, 0.4) is 0 Å². The number of carbonyl (C=O) groups is 3. The lowest BCUT2D eigenvalue weighted by Gasteiger charge is -2.35. The van der Waals surface area contributed by atoms with Gasteiger partial charge in [0.15, 0.2) is 0 Å². The second-order valence-corrected chi connectivity index (χ2v) is 5.30. The second-order valence-electron chi connectivity index (χ2n) is 5.30. The molecule has 0 aliphatic carbocycles. The lowest BCUT2D eigenvalue weighted by atomic mass is 9.91. The molecular weight excluding hydrogens is 260 g/mol. The van der Waals surface area contributed by atoms with E-state index in [9.17, 15) is 14.4 Å². The van der Waals surface area contributed by atoms with Crippen LogP contribution in [0.2, 0.25) is 0 Å². The van der Waals surface area contributed by atoms with Gasteiger partial charge in [-0.1, -0.05) is 13.8 Å². The van der Waals surface area contributed by atoms with Crippen molar-refractivity contribution in [2.24, 2.45) is 11.8 Å². The Morgan fingerprint density at radius 2 is 2.00 bits per heavy atom. The number of barbiturate groups is 1. The number of imide groups is 2. The second kappa shape index (κ2) is 5.44. The van der Waals surface area contributed by atoms with Crippen LogP contribution in [-0.4, -0.2) is 38.6 Å². The highest BCUT2D eigenvalue weighted by atomic mass is 16.2. The van der Waals surface area contributed by atoms with E-state index in [1.165, 1.54) is 0 Å². The van der Waals surface area contributed by atoms with Crippen molar-refractivity contribution in [3.05, 3.63) is 18.5 Å². The zero-order chi connectivity index (χ0) is 14.9. The molecule has 0 bridgehead atoms. The van der Waals surface area contributed by atoms with E-state index < -0.39 is 23.8 Å². The molecule has 7 heteroatoms. The number of urea groups is 1. The summed E-state index contributed by atoms with van der Waals surface area (Å²) in [7, 11) is 0. The highest BCUT2D eigenvalue weighted by molar-refractivity contribution is 6.16. The van der Waals surface area contributed by atoms with Gasteiger partial charge in [-0.3, -0.25) is 24.5 Å². The highest BCUT2D eigenvalue weighted by Gasteiger charge is 2.43. The van der Waals surface area contributed by atoms with Gasteiger partial charge in [0.05, 0.1) is 12.6 Å². The average molecular weight is 278 g/mol. The molecule has 1 aliphatic heterocycles. The molecule has 7 nitrogen and oxygen atoms in total. The molecule has 4 amide bonds. The Morgan fingerprint density at radius 3 is 2.55 bits per heavy atom. The quantitative estimate of drug-likeness (QED) is 0.818. The van der Waals surface area contributed by atoms with E-state index in [2.05, 4.69) is 10.4 Å². The van der Waals surface area contributed by atoms with Crippen LogP contribution >= 0.6 is 0 Å². The van der Waals surface area contributed by atoms with Gasteiger partial charge in [-0.05, 0) is 18.9 Å². The van der Waals surface area contributed by atoms with Crippen molar-refractivity contribution in [3.63, 3.8) is 0 Å². The molecule has 2 heterocycles. The number of rotatable bonds is 4. The molecule has 1 aliphatic rings. The first kappa shape index (κ1) is 14.2. The van der Waals surface area contributed by atoms with Crippen LogP contribution in [0.15, 0.2) is 18.5 Å². The number of hydrogen-bond acceptors (Lipinski definition) is 4. The molecule has 1 N–H and O–H groups in total. The van der Waals surface area contributed by atoms with Gasteiger partial charge >= 0.3 is 6.03 Å². The third-order valence-corrected chi connectivity index (χ3v) is 3.35. The Balaban J connectivity index is 2.18. The van der Waals surface area contributed by atoms with E-state index in [-0.39, 0.29) is 12.0 Å². The van der Waals surface area contributed by atoms with E-state index in [0.717, 1.165) is 4.90 Å². The highest BCUT2D eigenvalue weighted by Crippen LogP contribution is 2.21. The molecule has 0 saturated carbocycles. The van der Waals surface area contributed by atoms with Crippen molar-refractivity contribution in [2.75, 3.05) is 0 Å². The molecule has 1 fully saturated rings. The SMILES string of the molecule is CC(C)C1C(=O)NC(=O)N(C(C)Cn2cccn2)C1=O. The maximum absolute atomic E-state index is 12.4. The molecule has 1 aromatic rings. The van der Waals surface area contributed by atoms with E-state index in [0.29, 0.717) is 6.54 Å². The van der Waals surface area contributed by atoms with Crippen LogP contribution in [-0.2, 0) is 16.1 Å². The summed E-state index contributed by atoms with van der Waals surface area (Å²) in [5.74, 6) is -1.92. The van der Waals surface area contributed by atoms with Crippen LogP contribution in [0.25, 0.3) is 0 Å². The van der Waals surface area contributed by atoms with E-state index in [1.807, 2.05) is 0 Å². The smallest absolute Gasteiger partial charge is 0.277 e. The summed E-state index contributed by atoms with van der Waals surface area (Å²) >= 11 is 0. The fourth-order valence-corrected chi connectivity index (χ4v) is 2.37. The van der Waals surface area contributed by atoms with Gasteiger partial charge in [-0.15, -0.1) is 0 Å². The van der Waals surface area contributed by atoms with E-state index >= 15 is 0 Å². The summed E-state index contributed by atoms with van der Waals surface area (Å²) in [5.41, 5.74) is 0. The van der Waals surface area contributed by atoms with Gasteiger partial charge in [0.1, 0.15) is 5.92 Å². The standard InChI is InChI=1S/C13H18N4O3/c1-8(2)10-11(18)15-13(20)17(12(10)19)9(3)7-16-6-4-5-14-16/h4-6,8-10H,7H2,1-3H3,(H,15,18,20). The summed E-state index contributed by atoms with van der Waals surface area (Å²) in [6.45, 7) is 5.72. The topological polar surface area (TPSA) is 84.3 Å². The predicted octanol–water partition coefficient (Wildman–Crippen LogP) is 0.622. The van der Waals surface area contributed by atoms with Crippen molar-refractivity contribution in [2.45, 2.75) is 33.4 Å². The third kappa shape index (κ3) is 2.56. The molecule has 0 aromatic carbocycles. The zero-order valence-corrected chi connectivity index (χ0v) is 11.7. The summed E-state index contributed by atoms with van der Waals surface area (Å²) in [4.78, 5) is 37.1. The van der Waals surface area contributed by atoms with Crippen molar-refractivity contribution in [3.8, 4) is 0 Å². The lowest BCUT2D eigenvalue weighted by Crippen LogP contribution is -2.62. The fourth-order valence-electron chi connectivity index (χ4n) is 2.37. The first-order valence-corrected chi connectivity index (χ1v) is 6.57. The third-order valence-electron chi connectivity index (χ3n) is 3.35. The Morgan fingerprint density at radius 1 is 1.30 bits per heavy atom. The minimum absolute atomic E-state index is 0.157. The maximum Gasteiger partial charge on any atom is 0.331 e. The lowest BCUT2D eigenvalue weighted by molar-refractivity contribution is -0.145. The van der Waals surface area contributed by atoms with Crippen molar-refractivity contribution < 1.29 is 14.4 Å². The first-order chi connectivity index (χ1) is 9.41. The van der Waals surface area contributed by atoms with Crippen molar-refractivity contribution >= 4 is 17.8 Å². The van der Waals surface area contributed by atoms with Gasteiger partial charge in [-0.2, -0.15) is 5.10 Å². The number of aromatic nitrogens is 2. The van der Waals surface area contributed by atoms with Crippen LogP contribution in [0.1, 0.15) is 20.8 Å². The summed E-state index contributed by atoms with van der Waals surface area (Å²) in [5, 5.41) is 6.30. The first-order valence-electron chi connectivity index (χ1n) is 6.57. The molecule has 2 unspecified atom stereocenters. The Labute approximate surface area is 116 Å². The largest absolute Gasteiger partial charge is 0.331 e.